The molecule has 0 saturated carbocycles. The fourth-order valence-electron chi connectivity index (χ4n) is 1.97. The van der Waals surface area contributed by atoms with Crippen molar-refractivity contribution in [2.24, 2.45) is 0 Å². The summed E-state index contributed by atoms with van der Waals surface area (Å²) in [7, 11) is 0. The summed E-state index contributed by atoms with van der Waals surface area (Å²) < 4.78 is 65.4. The van der Waals surface area contributed by atoms with Crippen LogP contribution in [0.3, 0.4) is 0 Å². The highest BCUT2D eigenvalue weighted by Crippen LogP contribution is 2.23. The fraction of sp³-hybridized carbons (Fsp3) is 0.167. The third-order valence-electron chi connectivity index (χ3n) is 2.77. The van der Waals surface area contributed by atoms with E-state index in [9.17, 15) is 22.0 Å². The molecule has 0 amide bonds. The molecular weight excluding hydrogens is 295 g/mol. The standard InChI is InChI=1S/C12H7F5N4/c13-7-3-8(14)11-18-4-10(21(11)5-7)9-1-2-20(19-9)6-12(15,16)17/h1-5H,6H2. The molecule has 3 rings (SSSR count). The van der Waals surface area contributed by atoms with Crippen LogP contribution >= 0.6 is 0 Å². The average molecular weight is 302 g/mol. The van der Waals surface area contributed by atoms with Crippen LogP contribution in [-0.4, -0.2) is 25.3 Å². The third kappa shape index (κ3) is 2.58. The van der Waals surface area contributed by atoms with E-state index in [2.05, 4.69) is 10.1 Å². The highest BCUT2D eigenvalue weighted by atomic mass is 19.4. The molecule has 0 aliphatic carbocycles. The van der Waals surface area contributed by atoms with Gasteiger partial charge in [0.15, 0.2) is 11.5 Å². The van der Waals surface area contributed by atoms with E-state index in [0.29, 0.717) is 10.7 Å². The van der Waals surface area contributed by atoms with Crippen molar-refractivity contribution >= 4 is 5.65 Å². The summed E-state index contributed by atoms with van der Waals surface area (Å²) in [5.41, 5.74) is 0.206. The largest absolute Gasteiger partial charge is 0.408 e. The van der Waals surface area contributed by atoms with Gasteiger partial charge in [0.05, 0.1) is 11.9 Å². The number of fused-ring (bicyclic) bond motifs is 1. The molecule has 3 aromatic rings. The van der Waals surface area contributed by atoms with E-state index in [0.717, 1.165) is 16.8 Å². The molecule has 0 bridgehead atoms. The minimum atomic E-state index is -4.40. The van der Waals surface area contributed by atoms with Gasteiger partial charge in [-0.1, -0.05) is 0 Å². The Morgan fingerprint density at radius 3 is 2.67 bits per heavy atom. The van der Waals surface area contributed by atoms with E-state index in [1.54, 1.807) is 0 Å². The van der Waals surface area contributed by atoms with Gasteiger partial charge in [0, 0.05) is 18.5 Å². The van der Waals surface area contributed by atoms with Crippen molar-refractivity contribution in [3.05, 3.63) is 42.4 Å². The van der Waals surface area contributed by atoms with Crippen molar-refractivity contribution in [2.45, 2.75) is 12.7 Å². The van der Waals surface area contributed by atoms with Gasteiger partial charge in [-0.15, -0.1) is 0 Å². The van der Waals surface area contributed by atoms with Gasteiger partial charge in [-0.2, -0.15) is 18.3 Å². The van der Waals surface area contributed by atoms with Crippen LogP contribution < -0.4 is 0 Å². The topological polar surface area (TPSA) is 35.1 Å². The van der Waals surface area contributed by atoms with E-state index in [4.69, 9.17) is 0 Å². The molecular formula is C12H7F5N4. The predicted molar refractivity (Wildman–Crippen MR) is 62.4 cm³/mol. The summed E-state index contributed by atoms with van der Waals surface area (Å²) in [4.78, 5) is 3.77. The van der Waals surface area contributed by atoms with Crippen LogP contribution in [0.5, 0.6) is 0 Å². The average Bonchev–Trinajstić information content (AvgIpc) is 2.93. The van der Waals surface area contributed by atoms with Crippen molar-refractivity contribution in [3.8, 4) is 11.4 Å². The van der Waals surface area contributed by atoms with E-state index < -0.39 is 24.4 Å². The number of alkyl halides is 3. The number of hydrogen-bond acceptors (Lipinski definition) is 2. The number of imidazole rings is 1. The molecule has 110 valence electrons. The second-order valence-electron chi connectivity index (χ2n) is 4.36. The van der Waals surface area contributed by atoms with Gasteiger partial charge in [-0.3, -0.25) is 9.08 Å². The van der Waals surface area contributed by atoms with Crippen LogP contribution in [0.2, 0.25) is 0 Å². The Balaban J connectivity index is 2.05. The second kappa shape index (κ2) is 4.54. The molecule has 0 unspecified atom stereocenters. The molecule has 0 aromatic carbocycles. The first-order chi connectivity index (χ1) is 9.83. The number of halogens is 5. The van der Waals surface area contributed by atoms with E-state index in [1.165, 1.54) is 12.3 Å². The van der Waals surface area contributed by atoms with Gasteiger partial charge in [-0.25, -0.2) is 13.8 Å². The van der Waals surface area contributed by atoms with Crippen LogP contribution in [0, 0.1) is 11.6 Å². The smallest absolute Gasteiger partial charge is 0.293 e. The molecule has 0 fully saturated rings. The first kappa shape index (κ1) is 13.5. The maximum absolute atomic E-state index is 13.5. The molecule has 0 aliphatic heterocycles. The van der Waals surface area contributed by atoms with Crippen molar-refractivity contribution in [1.82, 2.24) is 19.2 Å². The molecule has 3 heterocycles. The maximum atomic E-state index is 13.5. The molecule has 0 saturated heterocycles. The maximum Gasteiger partial charge on any atom is 0.408 e. The Labute approximate surface area is 114 Å². The zero-order valence-corrected chi connectivity index (χ0v) is 10.3. The van der Waals surface area contributed by atoms with Gasteiger partial charge in [0.1, 0.15) is 18.1 Å². The van der Waals surface area contributed by atoms with Crippen molar-refractivity contribution in [2.75, 3.05) is 0 Å². The number of hydrogen-bond donors (Lipinski definition) is 0. The fourth-order valence-corrected chi connectivity index (χ4v) is 1.97. The summed E-state index contributed by atoms with van der Waals surface area (Å²) in [6.07, 6.45) is -1.06. The molecule has 3 aromatic heterocycles. The Bertz CT molecular complexity index is 802. The lowest BCUT2D eigenvalue weighted by atomic mass is 10.3. The van der Waals surface area contributed by atoms with Crippen molar-refractivity contribution in [3.63, 3.8) is 0 Å². The lowest BCUT2D eigenvalue weighted by Gasteiger charge is -2.05. The predicted octanol–water partition coefficient (Wildman–Crippen LogP) is 3.04. The first-order valence-electron chi connectivity index (χ1n) is 5.76. The molecule has 0 atom stereocenters. The summed E-state index contributed by atoms with van der Waals surface area (Å²) in [6, 6.07) is 1.99. The monoisotopic (exact) mass is 302 g/mol. The second-order valence-corrected chi connectivity index (χ2v) is 4.36. The van der Waals surface area contributed by atoms with Crippen molar-refractivity contribution in [1.29, 1.82) is 0 Å². The molecule has 4 nitrogen and oxygen atoms in total. The van der Waals surface area contributed by atoms with Gasteiger partial charge in [0.25, 0.3) is 0 Å². The molecule has 0 aliphatic rings. The van der Waals surface area contributed by atoms with Crippen LogP contribution in [0.25, 0.3) is 17.0 Å². The zero-order valence-electron chi connectivity index (χ0n) is 10.3. The molecule has 0 spiro atoms. The molecule has 9 heteroatoms. The quantitative estimate of drug-likeness (QED) is 0.682. The summed E-state index contributed by atoms with van der Waals surface area (Å²) in [6.45, 7) is -1.24. The molecule has 21 heavy (non-hydrogen) atoms. The summed E-state index contributed by atoms with van der Waals surface area (Å²) in [5, 5.41) is 3.74. The number of nitrogens with zero attached hydrogens (tertiary/aromatic N) is 4. The Morgan fingerprint density at radius 2 is 1.95 bits per heavy atom. The number of aromatic nitrogens is 4. The van der Waals surface area contributed by atoms with Crippen LogP contribution in [-0.2, 0) is 6.54 Å². The minimum absolute atomic E-state index is 0.128. The minimum Gasteiger partial charge on any atom is -0.293 e. The highest BCUT2D eigenvalue weighted by molar-refractivity contribution is 5.60. The van der Waals surface area contributed by atoms with E-state index in [1.807, 2.05) is 0 Å². The van der Waals surface area contributed by atoms with E-state index >= 15 is 0 Å². The zero-order chi connectivity index (χ0) is 15.2. The van der Waals surface area contributed by atoms with Crippen molar-refractivity contribution < 1.29 is 22.0 Å². The van der Waals surface area contributed by atoms with Crippen LogP contribution in [0.1, 0.15) is 0 Å². The Kier molecular flexibility index (Phi) is 2.92. The molecule has 0 N–H and O–H groups in total. The normalized spacial score (nSPS) is 12.2. The summed E-state index contributed by atoms with van der Waals surface area (Å²) >= 11 is 0. The van der Waals surface area contributed by atoms with Crippen LogP contribution in [0.15, 0.2) is 30.7 Å². The Morgan fingerprint density at radius 1 is 1.19 bits per heavy atom. The van der Waals surface area contributed by atoms with Gasteiger partial charge in [0.2, 0.25) is 0 Å². The first-order valence-corrected chi connectivity index (χ1v) is 5.76. The molecule has 0 radical (unpaired) electrons. The SMILES string of the molecule is Fc1cc(F)c2ncc(-c3ccn(CC(F)(F)F)n3)n2c1. The Hall–Kier alpha value is -2.45. The number of pyridine rings is 1. The highest BCUT2D eigenvalue weighted by Gasteiger charge is 2.28. The lowest BCUT2D eigenvalue weighted by molar-refractivity contribution is -0.142. The van der Waals surface area contributed by atoms with Crippen LogP contribution in [0.4, 0.5) is 22.0 Å². The van der Waals surface area contributed by atoms with E-state index in [-0.39, 0.29) is 17.0 Å². The third-order valence-corrected chi connectivity index (χ3v) is 2.77. The lowest BCUT2D eigenvalue weighted by Crippen LogP contribution is -2.17. The summed E-state index contributed by atoms with van der Waals surface area (Å²) in [5.74, 6) is -1.69. The van der Waals surface area contributed by atoms with Gasteiger partial charge >= 0.3 is 6.18 Å². The van der Waals surface area contributed by atoms with Gasteiger partial charge < -0.3 is 0 Å². The number of rotatable bonds is 2. The van der Waals surface area contributed by atoms with Gasteiger partial charge in [-0.05, 0) is 6.07 Å².